The molecule has 1 aromatic carbocycles. The van der Waals surface area contributed by atoms with Crippen LogP contribution in [0.3, 0.4) is 0 Å². The van der Waals surface area contributed by atoms with Gasteiger partial charge in [-0.25, -0.2) is 0 Å². The van der Waals surface area contributed by atoms with Crippen molar-refractivity contribution in [1.29, 1.82) is 5.26 Å². The molecule has 2 aromatic rings. The van der Waals surface area contributed by atoms with E-state index in [4.69, 9.17) is 4.74 Å². The van der Waals surface area contributed by atoms with Gasteiger partial charge in [-0.3, -0.25) is 4.79 Å². The number of halogens is 2. The molecule has 0 saturated carbocycles. The molecule has 0 unspecified atom stereocenters. The molecule has 1 aromatic heterocycles. The summed E-state index contributed by atoms with van der Waals surface area (Å²) in [6.07, 6.45) is 2.98. The third-order valence-corrected chi connectivity index (χ3v) is 5.97. The molecule has 0 fully saturated rings. The molecule has 23 heavy (non-hydrogen) atoms. The number of nitrogens with one attached hydrogen (secondary N) is 1. The molecule has 0 atom stereocenters. The molecule has 1 heterocycles. The summed E-state index contributed by atoms with van der Waals surface area (Å²) in [5, 5.41) is 12.9. The Balaban J connectivity index is 1.96. The van der Waals surface area contributed by atoms with Gasteiger partial charge in [-0.05, 0) is 52.9 Å². The van der Waals surface area contributed by atoms with Crippen LogP contribution in [-0.2, 0) is 12.8 Å². The zero-order valence-electron chi connectivity index (χ0n) is 12.2. The lowest BCUT2D eigenvalue weighted by Gasteiger charge is -2.11. The number of nitriles is 1. The number of methoxy groups -OCH3 is 1. The van der Waals surface area contributed by atoms with Crippen LogP contribution in [0.2, 0.25) is 0 Å². The van der Waals surface area contributed by atoms with E-state index in [1.165, 1.54) is 23.3 Å². The van der Waals surface area contributed by atoms with E-state index in [1.54, 1.807) is 6.07 Å². The zero-order valence-corrected chi connectivity index (χ0v) is 16.2. The van der Waals surface area contributed by atoms with Crippen molar-refractivity contribution in [1.82, 2.24) is 0 Å². The fourth-order valence-corrected chi connectivity index (χ4v) is 5.34. The normalized spacial score (nSPS) is 12.6. The highest BCUT2D eigenvalue weighted by Gasteiger charge is 2.24. The Kier molecular flexibility index (Phi) is 4.76. The van der Waals surface area contributed by atoms with Crippen molar-refractivity contribution in [3.8, 4) is 11.8 Å². The second-order valence-electron chi connectivity index (χ2n) is 5.10. The third-order valence-electron chi connectivity index (χ3n) is 3.72. The first-order chi connectivity index (χ1) is 11.0. The Morgan fingerprint density at radius 3 is 2.87 bits per heavy atom. The smallest absolute Gasteiger partial charge is 0.260 e. The second kappa shape index (κ2) is 6.63. The van der Waals surface area contributed by atoms with Gasteiger partial charge in [0.2, 0.25) is 0 Å². The number of carbonyl (C=O) groups is 1. The van der Waals surface area contributed by atoms with Crippen molar-refractivity contribution in [2.75, 3.05) is 12.4 Å². The van der Waals surface area contributed by atoms with Gasteiger partial charge in [-0.2, -0.15) is 5.26 Å². The number of thiophene rings is 1. The topological polar surface area (TPSA) is 62.1 Å². The van der Waals surface area contributed by atoms with Crippen LogP contribution in [0, 0.1) is 11.3 Å². The lowest BCUT2D eigenvalue weighted by Crippen LogP contribution is -2.13. The van der Waals surface area contributed by atoms with Gasteiger partial charge in [0.1, 0.15) is 16.8 Å². The van der Waals surface area contributed by atoms with Crippen LogP contribution < -0.4 is 10.1 Å². The molecule has 1 aliphatic carbocycles. The Morgan fingerprint density at radius 1 is 1.39 bits per heavy atom. The minimum Gasteiger partial charge on any atom is -0.495 e. The molecule has 118 valence electrons. The van der Waals surface area contributed by atoms with Crippen molar-refractivity contribution in [2.24, 2.45) is 0 Å². The van der Waals surface area contributed by atoms with Crippen LogP contribution in [-0.4, -0.2) is 13.0 Å². The Morgan fingerprint density at radius 2 is 2.17 bits per heavy atom. The van der Waals surface area contributed by atoms with Crippen molar-refractivity contribution < 1.29 is 9.53 Å². The summed E-state index contributed by atoms with van der Waals surface area (Å²) in [5.41, 5.74) is 2.10. The van der Waals surface area contributed by atoms with Gasteiger partial charge >= 0.3 is 0 Å². The summed E-state index contributed by atoms with van der Waals surface area (Å²) in [6, 6.07) is 5.75. The first kappa shape index (κ1) is 16.5. The summed E-state index contributed by atoms with van der Waals surface area (Å²) >= 11 is 8.27. The molecule has 0 aliphatic heterocycles. The monoisotopic (exact) mass is 454 g/mol. The summed E-state index contributed by atoms with van der Waals surface area (Å²) in [7, 11) is 1.52. The van der Waals surface area contributed by atoms with Crippen molar-refractivity contribution in [2.45, 2.75) is 19.3 Å². The molecule has 1 N–H and O–H groups in total. The average Bonchev–Trinajstić information content (AvgIpc) is 3.06. The highest BCUT2D eigenvalue weighted by Crippen LogP contribution is 2.39. The highest BCUT2D eigenvalue weighted by molar-refractivity contribution is 9.11. The largest absolute Gasteiger partial charge is 0.495 e. The van der Waals surface area contributed by atoms with Gasteiger partial charge in [-0.1, -0.05) is 15.9 Å². The summed E-state index contributed by atoms with van der Waals surface area (Å²) in [5.74, 6) is 0.175. The molecule has 4 nitrogen and oxygen atoms in total. The molecule has 1 aliphatic rings. The zero-order chi connectivity index (χ0) is 16.6. The van der Waals surface area contributed by atoms with Crippen molar-refractivity contribution in [3.05, 3.63) is 42.6 Å². The fraction of sp³-hybridized carbons (Fsp3) is 0.250. The molecule has 1 amide bonds. The molecule has 7 heteroatoms. The quantitative estimate of drug-likeness (QED) is 0.716. The molecule has 0 spiro atoms. The standard InChI is InChI=1S/C16H12Br2N2O2S/c1-22-14-10(5-8(17)6-12(14)18)15(21)20-16-11(7-19)9-3-2-4-13(9)23-16/h5-6H,2-4H2,1H3,(H,20,21). The number of hydrogen-bond donors (Lipinski definition) is 1. The van der Waals surface area contributed by atoms with E-state index in [0.29, 0.717) is 26.4 Å². The third kappa shape index (κ3) is 3.03. The van der Waals surface area contributed by atoms with Crippen LogP contribution in [0.5, 0.6) is 5.75 Å². The molecular formula is C16H12Br2N2O2S. The van der Waals surface area contributed by atoms with Crippen LogP contribution in [0.1, 0.15) is 32.8 Å². The number of ether oxygens (including phenoxy) is 1. The number of fused-ring (bicyclic) bond motifs is 1. The van der Waals surface area contributed by atoms with Crippen LogP contribution in [0.25, 0.3) is 0 Å². The molecular weight excluding hydrogens is 444 g/mol. The van der Waals surface area contributed by atoms with Crippen LogP contribution >= 0.6 is 43.2 Å². The lowest BCUT2D eigenvalue weighted by atomic mass is 10.1. The maximum atomic E-state index is 12.7. The van der Waals surface area contributed by atoms with E-state index in [2.05, 4.69) is 43.2 Å². The first-order valence-electron chi connectivity index (χ1n) is 6.94. The van der Waals surface area contributed by atoms with E-state index in [-0.39, 0.29) is 5.91 Å². The van der Waals surface area contributed by atoms with E-state index in [1.807, 2.05) is 6.07 Å². The summed E-state index contributed by atoms with van der Waals surface area (Å²) in [4.78, 5) is 13.9. The van der Waals surface area contributed by atoms with E-state index < -0.39 is 0 Å². The molecule has 0 bridgehead atoms. The van der Waals surface area contributed by atoms with E-state index >= 15 is 0 Å². The van der Waals surface area contributed by atoms with Crippen LogP contribution in [0.15, 0.2) is 21.1 Å². The number of amides is 1. The lowest BCUT2D eigenvalue weighted by molar-refractivity contribution is 0.102. The predicted molar refractivity (Wildman–Crippen MR) is 97.4 cm³/mol. The van der Waals surface area contributed by atoms with Crippen molar-refractivity contribution in [3.63, 3.8) is 0 Å². The van der Waals surface area contributed by atoms with Crippen LogP contribution in [0.4, 0.5) is 5.00 Å². The second-order valence-corrected chi connectivity index (χ2v) is 7.97. The number of carbonyl (C=O) groups excluding carboxylic acids is 1. The highest BCUT2D eigenvalue weighted by atomic mass is 79.9. The number of rotatable bonds is 3. The maximum absolute atomic E-state index is 12.7. The first-order valence-corrected chi connectivity index (χ1v) is 9.34. The number of aryl methyl sites for hydroxylation is 1. The molecule has 0 saturated heterocycles. The van der Waals surface area contributed by atoms with Gasteiger partial charge in [0.05, 0.1) is 22.7 Å². The number of benzene rings is 1. The number of anilines is 1. The predicted octanol–water partition coefficient (Wildman–Crippen LogP) is 4.89. The van der Waals surface area contributed by atoms with Gasteiger partial charge in [0, 0.05) is 9.35 Å². The Labute approximate surface area is 154 Å². The van der Waals surface area contributed by atoms with Gasteiger partial charge in [0.25, 0.3) is 5.91 Å². The van der Waals surface area contributed by atoms with Gasteiger partial charge < -0.3 is 10.1 Å². The average molecular weight is 456 g/mol. The number of hydrogen-bond acceptors (Lipinski definition) is 4. The minimum absolute atomic E-state index is 0.291. The van der Waals surface area contributed by atoms with Gasteiger partial charge in [0.15, 0.2) is 0 Å². The van der Waals surface area contributed by atoms with E-state index in [9.17, 15) is 10.1 Å². The molecule has 3 rings (SSSR count). The fourth-order valence-electron chi connectivity index (χ4n) is 2.72. The van der Waals surface area contributed by atoms with Crippen molar-refractivity contribution >= 4 is 54.1 Å². The minimum atomic E-state index is -0.291. The summed E-state index contributed by atoms with van der Waals surface area (Å²) < 4.78 is 6.77. The number of nitrogens with zero attached hydrogens (tertiary/aromatic N) is 1. The Bertz CT molecular complexity index is 840. The molecule has 0 radical (unpaired) electrons. The van der Waals surface area contributed by atoms with Gasteiger partial charge in [-0.15, -0.1) is 11.3 Å². The maximum Gasteiger partial charge on any atom is 0.260 e. The van der Waals surface area contributed by atoms with E-state index in [0.717, 1.165) is 29.3 Å². The Hall–Kier alpha value is -1.36. The summed E-state index contributed by atoms with van der Waals surface area (Å²) in [6.45, 7) is 0. The SMILES string of the molecule is COc1c(Br)cc(Br)cc1C(=O)Nc1sc2c(c1C#N)CCC2.